The summed E-state index contributed by atoms with van der Waals surface area (Å²) in [6.07, 6.45) is 3.95. The van der Waals surface area contributed by atoms with E-state index in [9.17, 15) is 4.79 Å². The van der Waals surface area contributed by atoms with Crippen LogP contribution in [0.25, 0.3) is 6.08 Å². The van der Waals surface area contributed by atoms with Crippen molar-refractivity contribution in [2.75, 3.05) is 0 Å². The SMILES string of the molecule is CCC(=O)C=Cc1ccc2c(c1)OC(C)(C)OC2. The minimum Gasteiger partial charge on any atom is -0.463 e. The van der Waals surface area contributed by atoms with Gasteiger partial charge in [-0.15, -0.1) is 0 Å². The Bertz CT molecular complexity index is 487. The monoisotopic (exact) mass is 246 g/mol. The number of allylic oxidation sites excluding steroid dienone is 1. The third-order valence-corrected chi connectivity index (χ3v) is 2.83. The Hall–Kier alpha value is -1.61. The molecule has 96 valence electrons. The van der Waals surface area contributed by atoms with Gasteiger partial charge in [0.25, 0.3) is 0 Å². The molecule has 1 aliphatic rings. The third-order valence-electron chi connectivity index (χ3n) is 2.83. The Morgan fingerprint density at radius 2 is 2.22 bits per heavy atom. The summed E-state index contributed by atoms with van der Waals surface area (Å²) in [7, 11) is 0. The van der Waals surface area contributed by atoms with Crippen molar-refractivity contribution in [3.8, 4) is 5.75 Å². The van der Waals surface area contributed by atoms with Crippen LogP contribution in [-0.4, -0.2) is 11.6 Å². The average Bonchev–Trinajstić information content (AvgIpc) is 2.34. The summed E-state index contributed by atoms with van der Waals surface area (Å²) >= 11 is 0. The molecule has 3 heteroatoms. The van der Waals surface area contributed by atoms with E-state index in [0.29, 0.717) is 13.0 Å². The van der Waals surface area contributed by atoms with E-state index in [1.807, 2.05) is 45.0 Å². The highest BCUT2D eigenvalue weighted by Gasteiger charge is 2.26. The van der Waals surface area contributed by atoms with Gasteiger partial charge in [0, 0.05) is 25.8 Å². The zero-order valence-electron chi connectivity index (χ0n) is 11.0. The first-order valence-electron chi connectivity index (χ1n) is 6.17. The Balaban J connectivity index is 2.22. The number of carbonyl (C=O) groups excluding carboxylic acids is 1. The molecule has 1 heterocycles. The summed E-state index contributed by atoms with van der Waals surface area (Å²) in [6, 6.07) is 5.88. The van der Waals surface area contributed by atoms with Crippen molar-refractivity contribution in [1.29, 1.82) is 0 Å². The summed E-state index contributed by atoms with van der Waals surface area (Å²) in [5.41, 5.74) is 2.00. The molecule has 1 aliphatic heterocycles. The second kappa shape index (κ2) is 4.94. The highest BCUT2D eigenvalue weighted by molar-refractivity contribution is 5.93. The molecule has 1 aromatic carbocycles. The van der Waals surface area contributed by atoms with Gasteiger partial charge in [0.05, 0.1) is 6.61 Å². The zero-order valence-corrected chi connectivity index (χ0v) is 11.0. The maximum atomic E-state index is 11.2. The van der Waals surface area contributed by atoms with Crippen molar-refractivity contribution in [2.24, 2.45) is 0 Å². The van der Waals surface area contributed by atoms with Gasteiger partial charge in [0.2, 0.25) is 5.79 Å². The summed E-state index contributed by atoms with van der Waals surface area (Å²) in [5.74, 6) is 0.365. The van der Waals surface area contributed by atoms with Crippen molar-refractivity contribution in [3.63, 3.8) is 0 Å². The molecule has 0 aromatic heterocycles. The van der Waals surface area contributed by atoms with Crippen molar-refractivity contribution in [3.05, 3.63) is 35.4 Å². The molecule has 1 aromatic rings. The lowest BCUT2D eigenvalue weighted by atomic mass is 10.1. The first-order valence-corrected chi connectivity index (χ1v) is 6.17. The van der Waals surface area contributed by atoms with Crippen LogP contribution in [0.4, 0.5) is 0 Å². The normalized spacial score (nSPS) is 17.3. The molecule has 0 fully saturated rings. The van der Waals surface area contributed by atoms with Crippen molar-refractivity contribution in [2.45, 2.75) is 39.6 Å². The first kappa shape index (κ1) is 12.8. The standard InChI is InChI=1S/C15H18O3/c1-4-13(16)8-6-11-5-7-12-10-17-15(2,3)18-14(12)9-11/h5-9H,4,10H2,1-3H3. The van der Waals surface area contributed by atoms with Gasteiger partial charge in [-0.25, -0.2) is 0 Å². The van der Waals surface area contributed by atoms with Crippen LogP contribution < -0.4 is 4.74 Å². The minimum atomic E-state index is -0.589. The number of ether oxygens (including phenoxy) is 2. The molecule has 2 rings (SSSR count). The lowest BCUT2D eigenvalue weighted by molar-refractivity contribution is -0.180. The van der Waals surface area contributed by atoms with Gasteiger partial charge in [0.1, 0.15) is 5.75 Å². The maximum absolute atomic E-state index is 11.2. The fourth-order valence-corrected chi connectivity index (χ4v) is 1.74. The fourth-order valence-electron chi connectivity index (χ4n) is 1.74. The fraction of sp³-hybridized carbons (Fsp3) is 0.400. The average molecular weight is 246 g/mol. The number of ketones is 1. The predicted octanol–water partition coefficient (Wildman–Crippen LogP) is 3.32. The van der Waals surface area contributed by atoms with E-state index < -0.39 is 5.79 Å². The van der Waals surface area contributed by atoms with Gasteiger partial charge in [-0.3, -0.25) is 4.79 Å². The molecule has 0 saturated carbocycles. The molecule has 0 atom stereocenters. The molecule has 18 heavy (non-hydrogen) atoms. The van der Waals surface area contributed by atoms with Gasteiger partial charge >= 0.3 is 0 Å². The molecule has 0 bridgehead atoms. The third kappa shape index (κ3) is 2.99. The Morgan fingerprint density at radius 3 is 2.94 bits per heavy atom. The molecule has 0 aliphatic carbocycles. The molecular weight excluding hydrogens is 228 g/mol. The van der Waals surface area contributed by atoms with E-state index in [2.05, 4.69) is 0 Å². The first-order chi connectivity index (χ1) is 8.50. The van der Waals surface area contributed by atoms with Gasteiger partial charge < -0.3 is 9.47 Å². The minimum absolute atomic E-state index is 0.123. The number of carbonyl (C=O) groups is 1. The maximum Gasteiger partial charge on any atom is 0.205 e. The highest BCUT2D eigenvalue weighted by Crippen LogP contribution is 2.32. The number of hydrogen-bond acceptors (Lipinski definition) is 3. The van der Waals surface area contributed by atoms with E-state index in [1.54, 1.807) is 6.08 Å². The Kier molecular flexibility index (Phi) is 3.53. The number of fused-ring (bicyclic) bond motifs is 1. The van der Waals surface area contributed by atoms with Crippen molar-refractivity contribution < 1.29 is 14.3 Å². The Labute approximate surface area is 107 Å². The molecule has 3 nitrogen and oxygen atoms in total. The lowest BCUT2D eigenvalue weighted by Gasteiger charge is -2.32. The molecule has 0 unspecified atom stereocenters. The quantitative estimate of drug-likeness (QED) is 0.767. The number of benzene rings is 1. The smallest absolute Gasteiger partial charge is 0.205 e. The highest BCUT2D eigenvalue weighted by atomic mass is 16.7. The molecule has 0 spiro atoms. The number of rotatable bonds is 3. The topological polar surface area (TPSA) is 35.5 Å². The predicted molar refractivity (Wildman–Crippen MR) is 70.3 cm³/mol. The molecule has 0 N–H and O–H groups in total. The van der Waals surface area contributed by atoms with E-state index in [0.717, 1.165) is 16.9 Å². The van der Waals surface area contributed by atoms with E-state index >= 15 is 0 Å². The summed E-state index contributed by atoms with van der Waals surface area (Å²) in [4.78, 5) is 11.2. The van der Waals surface area contributed by atoms with E-state index in [4.69, 9.17) is 9.47 Å². The van der Waals surface area contributed by atoms with Crippen LogP contribution in [0.1, 0.15) is 38.3 Å². The van der Waals surface area contributed by atoms with E-state index in [1.165, 1.54) is 0 Å². The molecule has 0 saturated heterocycles. The van der Waals surface area contributed by atoms with Crippen LogP contribution in [-0.2, 0) is 16.1 Å². The molecular formula is C15H18O3. The van der Waals surface area contributed by atoms with Crippen LogP contribution in [0.2, 0.25) is 0 Å². The second-order valence-corrected chi connectivity index (χ2v) is 4.81. The van der Waals surface area contributed by atoms with Crippen molar-refractivity contribution in [1.82, 2.24) is 0 Å². The summed E-state index contributed by atoms with van der Waals surface area (Å²) < 4.78 is 11.3. The van der Waals surface area contributed by atoms with Gasteiger partial charge in [-0.2, -0.15) is 0 Å². The van der Waals surface area contributed by atoms with E-state index in [-0.39, 0.29) is 5.78 Å². The van der Waals surface area contributed by atoms with Gasteiger partial charge in [-0.05, 0) is 17.7 Å². The van der Waals surface area contributed by atoms with Crippen molar-refractivity contribution >= 4 is 11.9 Å². The van der Waals surface area contributed by atoms with Crippen LogP contribution in [0, 0.1) is 0 Å². The summed E-state index contributed by atoms with van der Waals surface area (Å²) in [6.45, 7) is 6.18. The molecule has 0 radical (unpaired) electrons. The van der Waals surface area contributed by atoms with Gasteiger partial charge in [0.15, 0.2) is 5.78 Å². The molecule has 0 amide bonds. The van der Waals surface area contributed by atoms with Gasteiger partial charge in [-0.1, -0.05) is 25.1 Å². The van der Waals surface area contributed by atoms with Crippen LogP contribution in [0.15, 0.2) is 24.3 Å². The van der Waals surface area contributed by atoms with Crippen LogP contribution in [0.5, 0.6) is 5.75 Å². The summed E-state index contributed by atoms with van der Waals surface area (Å²) in [5, 5.41) is 0. The van der Waals surface area contributed by atoms with Crippen LogP contribution >= 0.6 is 0 Å². The second-order valence-electron chi connectivity index (χ2n) is 4.81. The lowest BCUT2D eigenvalue weighted by Crippen LogP contribution is -2.35. The zero-order chi connectivity index (χ0) is 13.2. The van der Waals surface area contributed by atoms with Crippen LogP contribution in [0.3, 0.4) is 0 Å². The number of hydrogen-bond donors (Lipinski definition) is 0. The Morgan fingerprint density at radius 1 is 1.44 bits per heavy atom. The largest absolute Gasteiger partial charge is 0.463 e.